The molecule has 2 aromatic carbocycles. The SMILES string of the molecule is CC(C)[C@H](NC(=O)C(=O)Nc1cccc2cccnc12)c1ccccc1Cl. The van der Waals surface area contributed by atoms with E-state index in [4.69, 9.17) is 11.6 Å². The molecule has 0 aliphatic rings. The van der Waals surface area contributed by atoms with Crippen LogP contribution in [0.15, 0.2) is 60.8 Å². The maximum absolute atomic E-state index is 12.5. The molecule has 0 aliphatic heterocycles. The minimum absolute atomic E-state index is 0.0564. The van der Waals surface area contributed by atoms with Crippen molar-refractivity contribution in [2.45, 2.75) is 19.9 Å². The highest BCUT2D eigenvalue weighted by Gasteiger charge is 2.24. The number of anilines is 1. The van der Waals surface area contributed by atoms with Gasteiger partial charge in [-0.2, -0.15) is 0 Å². The quantitative estimate of drug-likeness (QED) is 0.660. The lowest BCUT2D eigenvalue weighted by atomic mass is 9.96. The van der Waals surface area contributed by atoms with Crippen LogP contribution in [0.1, 0.15) is 25.5 Å². The van der Waals surface area contributed by atoms with E-state index in [9.17, 15) is 9.59 Å². The molecule has 2 amide bonds. The summed E-state index contributed by atoms with van der Waals surface area (Å²) in [5, 5.41) is 6.87. The van der Waals surface area contributed by atoms with Crippen LogP contribution in [0, 0.1) is 5.92 Å². The summed E-state index contributed by atoms with van der Waals surface area (Å²) in [7, 11) is 0. The number of carbonyl (C=O) groups excluding carboxylic acids is 2. The van der Waals surface area contributed by atoms with E-state index in [2.05, 4.69) is 15.6 Å². The number of hydrogen-bond acceptors (Lipinski definition) is 3. The van der Waals surface area contributed by atoms with Crippen LogP contribution in [-0.2, 0) is 9.59 Å². The second-order valence-corrected chi connectivity index (χ2v) is 6.96. The van der Waals surface area contributed by atoms with Gasteiger partial charge in [0.05, 0.1) is 17.2 Å². The molecule has 0 aliphatic carbocycles. The van der Waals surface area contributed by atoms with Gasteiger partial charge in [0.1, 0.15) is 0 Å². The van der Waals surface area contributed by atoms with Gasteiger partial charge in [-0.05, 0) is 29.7 Å². The Kier molecular flexibility index (Phi) is 5.72. The Balaban J connectivity index is 1.78. The Morgan fingerprint density at radius 3 is 2.44 bits per heavy atom. The monoisotopic (exact) mass is 381 g/mol. The Morgan fingerprint density at radius 2 is 1.70 bits per heavy atom. The van der Waals surface area contributed by atoms with E-state index in [1.165, 1.54) is 0 Å². The van der Waals surface area contributed by atoms with Gasteiger partial charge in [0.15, 0.2) is 0 Å². The van der Waals surface area contributed by atoms with Crippen molar-refractivity contribution in [2.24, 2.45) is 5.92 Å². The van der Waals surface area contributed by atoms with Gasteiger partial charge in [-0.3, -0.25) is 14.6 Å². The van der Waals surface area contributed by atoms with Crippen molar-refractivity contribution in [3.63, 3.8) is 0 Å². The molecule has 1 heterocycles. The number of nitrogens with one attached hydrogen (secondary N) is 2. The zero-order valence-electron chi connectivity index (χ0n) is 15.1. The number of halogens is 1. The molecule has 0 fully saturated rings. The lowest BCUT2D eigenvalue weighted by Crippen LogP contribution is -2.39. The van der Waals surface area contributed by atoms with Crippen molar-refractivity contribution in [1.29, 1.82) is 0 Å². The van der Waals surface area contributed by atoms with E-state index >= 15 is 0 Å². The normalized spacial score (nSPS) is 12.0. The Morgan fingerprint density at radius 1 is 0.963 bits per heavy atom. The third kappa shape index (κ3) is 4.26. The van der Waals surface area contributed by atoms with E-state index in [0.717, 1.165) is 10.9 Å². The molecule has 0 spiro atoms. The highest BCUT2D eigenvalue weighted by atomic mass is 35.5. The molecule has 3 aromatic rings. The molecule has 6 heteroatoms. The fraction of sp³-hybridized carbons (Fsp3) is 0.190. The zero-order valence-corrected chi connectivity index (χ0v) is 15.8. The molecule has 1 atom stereocenters. The van der Waals surface area contributed by atoms with Crippen molar-refractivity contribution in [2.75, 3.05) is 5.32 Å². The van der Waals surface area contributed by atoms with Gasteiger partial charge in [-0.1, -0.05) is 61.8 Å². The number of aromatic nitrogens is 1. The number of carbonyl (C=O) groups is 2. The first-order valence-electron chi connectivity index (χ1n) is 8.67. The molecule has 0 saturated heterocycles. The molecule has 2 N–H and O–H groups in total. The number of rotatable bonds is 4. The Hall–Kier alpha value is -2.92. The van der Waals surface area contributed by atoms with E-state index < -0.39 is 11.8 Å². The topological polar surface area (TPSA) is 71.1 Å². The van der Waals surface area contributed by atoms with Gasteiger partial charge in [-0.15, -0.1) is 0 Å². The summed E-state index contributed by atoms with van der Waals surface area (Å²) in [6.45, 7) is 3.92. The van der Waals surface area contributed by atoms with Crippen LogP contribution < -0.4 is 10.6 Å². The summed E-state index contributed by atoms with van der Waals surface area (Å²) in [5.41, 5.74) is 1.90. The van der Waals surface area contributed by atoms with Crippen molar-refractivity contribution >= 4 is 40.0 Å². The maximum atomic E-state index is 12.5. The average Bonchev–Trinajstić information content (AvgIpc) is 2.66. The molecule has 1 aromatic heterocycles. The van der Waals surface area contributed by atoms with Crippen LogP contribution >= 0.6 is 11.6 Å². The second kappa shape index (κ2) is 8.18. The van der Waals surface area contributed by atoms with E-state index in [1.54, 1.807) is 24.4 Å². The number of hydrogen-bond donors (Lipinski definition) is 2. The minimum Gasteiger partial charge on any atom is -0.341 e. The van der Waals surface area contributed by atoms with Gasteiger partial charge in [-0.25, -0.2) is 0 Å². The first-order chi connectivity index (χ1) is 13.0. The highest BCUT2D eigenvalue weighted by Crippen LogP contribution is 2.28. The molecule has 0 saturated carbocycles. The number of fused-ring (bicyclic) bond motifs is 1. The molecular weight excluding hydrogens is 362 g/mol. The Labute approximate surface area is 162 Å². The van der Waals surface area contributed by atoms with Crippen LogP contribution in [0.4, 0.5) is 5.69 Å². The summed E-state index contributed by atoms with van der Waals surface area (Å²) in [6.07, 6.45) is 1.64. The van der Waals surface area contributed by atoms with Crippen molar-refractivity contribution in [1.82, 2.24) is 10.3 Å². The lowest BCUT2D eigenvalue weighted by molar-refractivity contribution is -0.136. The second-order valence-electron chi connectivity index (χ2n) is 6.55. The molecule has 27 heavy (non-hydrogen) atoms. The van der Waals surface area contributed by atoms with E-state index in [-0.39, 0.29) is 12.0 Å². The van der Waals surface area contributed by atoms with E-state index in [0.29, 0.717) is 16.2 Å². The van der Waals surface area contributed by atoms with Gasteiger partial charge in [0.2, 0.25) is 0 Å². The first kappa shape index (κ1) is 18.9. The fourth-order valence-electron chi connectivity index (χ4n) is 2.92. The predicted molar refractivity (Wildman–Crippen MR) is 108 cm³/mol. The number of benzene rings is 2. The number of nitrogens with zero attached hydrogens (tertiary/aromatic N) is 1. The average molecular weight is 382 g/mol. The molecule has 0 unspecified atom stereocenters. The van der Waals surface area contributed by atoms with Crippen molar-refractivity contribution < 1.29 is 9.59 Å². The third-order valence-electron chi connectivity index (χ3n) is 4.28. The summed E-state index contributed by atoms with van der Waals surface area (Å²) < 4.78 is 0. The van der Waals surface area contributed by atoms with Crippen molar-refractivity contribution in [3.05, 3.63) is 71.4 Å². The summed E-state index contributed by atoms with van der Waals surface area (Å²) >= 11 is 6.26. The number of para-hydroxylation sites is 1. The smallest absolute Gasteiger partial charge is 0.313 e. The van der Waals surface area contributed by atoms with Gasteiger partial charge >= 0.3 is 11.8 Å². The van der Waals surface area contributed by atoms with Crippen LogP contribution in [0.25, 0.3) is 10.9 Å². The van der Waals surface area contributed by atoms with Crippen LogP contribution in [0.5, 0.6) is 0 Å². The van der Waals surface area contributed by atoms with Gasteiger partial charge in [0.25, 0.3) is 0 Å². The van der Waals surface area contributed by atoms with Crippen LogP contribution in [-0.4, -0.2) is 16.8 Å². The molecule has 0 radical (unpaired) electrons. The summed E-state index contributed by atoms with van der Waals surface area (Å²) in [4.78, 5) is 29.2. The van der Waals surface area contributed by atoms with Crippen LogP contribution in [0.3, 0.4) is 0 Å². The summed E-state index contributed by atoms with van der Waals surface area (Å²) in [6, 6.07) is 16.0. The molecule has 138 valence electrons. The molecule has 3 rings (SSSR count). The predicted octanol–water partition coefficient (Wildman–Crippen LogP) is 4.34. The first-order valence-corrected chi connectivity index (χ1v) is 9.05. The largest absolute Gasteiger partial charge is 0.341 e. The summed E-state index contributed by atoms with van der Waals surface area (Å²) in [5.74, 6) is -1.41. The minimum atomic E-state index is -0.745. The third-order valence-corrected chi connectivity index (χ3v) is 4.62. The van der Waals surface area contributed by atoms with E-state index in [1.807, 2.05) is 50.2 Å². The zero-order chi connectivity index (χ0) is 19.4. The highest BCUT2D eigenvalue weighted by molar-refractivity contribution is 6.40. The van der Waals surface area contributed by atoms with Gasteiger partial charge < -0.3 is 10.6 Å². The molecule has 5 nitrogen and oxygen atoms in total. The molecular formula is C21H20ClN3O2. The molecule has 0 bridgehead atoms. The Bertz CT molecular complexity index is 983. The van der Waals surface area contributed by atoms with Gasteiger partial charge in [0, 0.05) is 16.6 Å². The standard InChI is InChI=1S/C21H20ClN3O2/c1-13(2)18(15-9-3-4-10-16(15)22)25-21(27)20(26)24-17-11-5-7-14-8-6-12-23-19(14)17/h3-13,18H,1-2H3,(H,24,26)(H,25,27)/t18-/m0/s1. The fourth-order valence-corrected chi connectivity index (χ4v) is 3.18. The lowest BCUT2D eigenvalue weighted by Gasteiger charge is -2.23. The maximum Gasteiger partial charge on any atom is 0.313 e. The van der Waals surface area contributed by atoms with Crippen LogP contribution in [0.2, 0.25) is 5.02 Å². The van der Waals surface area contributed by atoms with Crippen molar-refractivity contribution in [3.8, 4) is 0 Å². The number of pyridine rings is 1. The number of amides is 2.